The molecule has 5 heteroatoms. The van der Waals surface area contributed by atoms with Crippen LogP contribution in [0.25, 0.3) is 0 Å². The monoisotopic (exact) mass is 302 g/mol. The molecule has 0 bridgehead atoms. The van der Waals surface area contributed by atoms with E-state index in [9.17, 15) is 4.79 Å². The van der Waals surface area contributed by atoms with Crippen molar-refractivity contribution in [2.45, 2.75) is 59.0 Å². The maximum atomic E-state index is 11.9. The third-order valence-electron chi connectivity index (χ3n) is 3.57. The number of halogens is 1. The molecular weight excluding hydrogens is 276 g/mol. The van der Waals surface area contributed by atoms with Crippen LogP contribution in [-0.2, 0) is 11.2 Å². The Bertz CT molecular complexity index is 406. The molecular formula is C15H27ClN2O2. The second-order valence-corrected chi connectivity index (χ2v) is 5.37. The van der Waals surface area contributed by atoms with E-state index < -0.39 is 6.04 Å². The van der Waals surface area contributed by atoms with Gasteiger partial charge in [-0.2, -0.15) is 0 Å². The standard InChI is InChI=1S/C15H26N2O2.ClH/c1-5-10(2)14(16)15(18)17-11(3)6-8-13-9-7-12(4)19-13;/h7,9-11,14H,5-6,8,16H2,1-4H3,(H,17,18);1H. The van der Waals surface area contributed by atoms with Crippen molar-refractivity contribution in [2.75, 3.05) is 0 Å². The first-order chi connectivity index (χ1) is 8.93. The number of nitrogens with two attached hydrogens (primary N) is 1. The van der Waals surface area contributed by atoms with Crippen molar-refractivity contribution in [3.63, 3.8) is 0 Å². The predicted octanol–water partition coefficient (Wildman–Crippen LogP) is 2.82. The number of rotatable bonds is 7. The molecule has 116 valence electrons. The molecule has 20 heavy (non-hydrogen) atoms. The predicted molar refractivity (Wildman–Crippen MR) is 84.0 cm³/mol. The summed E-state index contributed by atoms with van der Waals surface area (Å²) < 4.78 is 5.50. The molecule has 0 fully saturated rings. The van der Waals surface area contributed by atoms with E-state index in [-0.39, 0.29) is 30.3 Å². The number of hydrogen-bond acceptors (Lipinski definition) is 3. The number of nitrogens with one attached hydrogen (secondary N) is 1. The van der Waals surface area contributed by atoms with Crippen LogP contribution >= 0.6 is 12.4 Å². The normalized spacial score (nSPS) is 15.1. The van der Waals surface area contributed by atoms with E-state index in [1.165, 1.54) is 0 Å². The van der Waals surface area contributed by atoms with Crippen LogP contribution in [0.1, 0.15) is 45.1 Å². The highest BCUT2D eigenvalue weighted by Crippen LogP contribution is 2.10. The summed E-state index contributed by atoms with van der Waals surface area (Å²) in [7, 11) is 0. The first kappa shape index (κ1) is 19.0. The molecule has 0 radical (unpaired) electrons. The lowest BCUT2D eigenvalue weighted by molar-refractivity contribution is -0.124. The van der Waals surface area contributed by atoms with Gasteiger partial charge in [-0.15, -0.1) is 12.4 Å². The molecule has 1 rings (SSSR count). The lowest BCUT2D eigenvalue weighted by atomic mass is 9.99. The van der Waals surface area contributed by atoms with E-state index in [2.05, 4.69) is 5.32 Å². The smallest absolute Gasteiger partial charge is 0.237 e. The molecule has 1 aromatic heterocycles. The van der Waals surface area contributed by atoms with Gasteiger partial charge in [0.15, 0.2) is 0 Å². The summed E-state index contributed by atoms with van der Waals surface area (Å²) >= 11 is 0. The average molecular weight is 303 g/mol. The molecule has 0 aliphatic heterocycles. The van der Waals surface area contributed by atoms with Gasteiger partial charge in [0.05, 0.1) is 6.04 Å². The number of aryl methyl sites for hydroxylation is 2. The Hall–Kier alpha value is -1.00. The highest BCUT2D eigenvalue weighted by atomic mass is 35.5. The Balaban J connectivity index is 0.00000361. The zero-order valence-corrected chi connectivity index (χ0v) is 13.6. The molecule has 4 nitrogen and oxygen atoms in total. The number of carbonyl (C=O) groups is 1. The van der Waals surface area contributed by atoms with Crippen molar-refractivity contribution < 1.29 is 9.21 Å². The fourth-order valence-corrected chi connectivity index (χ4v) is 1.90. The van der Waals surface area contributed by atoms with Gasteiger partial charge in [0.2, 0.25) is 5.91 Å². The van der Waals surface area contributed by atoms with Gasteiger partial charge in [-0.05, 0) is 38.3 Å². The Morgan fingerprint density at radius 1 is 1.40 bits per heavy atom. The number of amides is 1. The highest BCUT2D eigenvalue weighted by molar-refractivity contribution is 5.85. The van der Waals surface area contributed by atoms with Gasteiger partial charge in [0, 0.05) is 12.5 Å². The van der Waals surface area contributed by atoms with Gasteiger partial charge in [0.1, 0.15) is 11.5 Å². The molecule has 3 atom stereocenters. The van der Waals surface area contributed by atoms with Crippen molar-refractivity contribution in [3.8, 4) is 0 Å². The van der Waals surface area contributed by atoms with Gasteiger partial charge in [-0.1, -0.05) is 20.3 Å². The molecule has 0 aliphatic carbocycles. The Morgan fingerprint density at radius 2 is 2.05 bits per heavy atom. The van der Waals surface area contributed by atoms with Gasteiger partial charge in [-0.3, -0.25) is 4.79 Å². The topological polar surface area (TPSA) is 68.3 Å². The van der Waals surface area contributed by atoms with Crippen molar-refractivity contribution in [1.82, 2.24) is 5.32 Å². The largest absolute Gasteiger partial charge is 0.466 e. The zero-order chi connectivity index (χ0) is 14.4. The lowest BCUT2D eigenvalue weighted by Crippen LogP contribution is -2.47. The van der Waals surface area contributed by atoms with Crippen molar-refractivity contribution in [1.29, 1.82) is 0 Å². The maximum absolute atomic E-state index is 11.9. The average Bonchev–Trinajstić information content (AvgIpc) is 2.80. The summed E-state index contributed by atoms with van der Waals surface area (Å²) in [5.74, 6) is 2.03. The quantitative estimate of drug-likeness (QED) is 0.814. The van der Waals surface area contributed by atoms with E-state index in [0.29, 0.717) is 0 Å². The first-order valence-corrected chi connectivity index (χ1v) is 7.05. The fraction of sp³-hybridized carbons (Fsp3) is 0.667. The molecule has 0 spiro atoms. The van der Waals surface area contributed by atoms with Crippen LogP contribution < -0.4 is 11.1 Å². The SMILES string of the molecule is CCC(C)C(N)C(=O)NC(C)CCc1ccc(C)o1.Cl. The van der Waals surface area contributed by atoms with Crippen LogP contribution in [0, 0.1) is 12.8 Å². The van der Waals surface area contributed by atoms with E-state index >= 15 is 0 Å². The summed E-state index contributed by atoms with van der Waals surface area (Å²) in [4.78, 5) is 11.9. The van der Waals surface area contributed by atoms with E-state index in [0.717, 1.165) is 30.8 Å². The van der Waals surface area contributed by atoms with Gasteiger partial charge < -0.3 is 15.5 Å². The highest BCUT2D eigenvalue weighted by Gasteiger charge is 2.20. The maximum Gasteiger partial charge on any atom is 0.237 e. The lowest BCUT2D eigenvalue weighted by Gasteiger charge is -2.20. The van der Waals surface area contributed by atoms with Gasteiger partial charge in [0.25, 0.3) is 0 Å². The summed E-state index contributed by atoms with van der Waals surface area (Å²) in [6, 6.07) is 3.62. The van der Waals surface area contributed by atoms with Crippen LogP contribution in [0.3, 0.4) is 0 Å². The molecule has 1 heterocycles. The second-order valence-electron chi connectivity index (χ2n) is 5.37. The molecule has 0 aromatic carbocycles. The van der Waals surface area contributed by atoms with Crippen LogP contribution in [0.5, 0.6) is 0 Å². The number of furan rings is 1. The Labute approximate surface area is 127 Å². The van der Waals surface area contributed by atoms with Gasteiger partial charge >= 0.3 is 0 Å². The van der Waals surface area contributed by atoms with Crippen LogP contribution in [0.4, 0.5) is 0 Å². The zero-order valence-electron chi connectivity index (χ0n) is 12.8. The second kappa shape index (κ2) is 9.03. The molecule has 1 amide bonds. The van der Waals surface area contributed by atoms with Crippen molar-refractivity contribution in [3.05, 3.63) is 23.7 Å². The van der Waals surface area contributed by atoms with Crippen LogP contribution in [0.15, 0.2) is 16.5 Å². The van der Waals surface area contributed by atoms with Crippen LogP contribution in [-0.4, -0.2) is 18.0 Å². The molecule has 0 saturated carbocycles. The van der Waals surface area contributed by atoms with E-state index in [1.54, 1.807) is 0 Å². The number of hydrogen-bond donors (Lipinski definition) is 2. The van der Waals surface area contributed by atoms with E-state index in [4.69, 9.17) is 10.2 Å². The van der Waals surface area contributed by atoms with E-state index in [1.807, 2.05) is 39.8 Å². The van der Waals surface area contributed by atoms with Crippen molar-refractivity contribution in [2.24, 2.45) is 11.7 Å². The third-order valence-corrected chi connectivity index (χ3v) is 3.57. The summed E-state index contributed by atoms with van der Waals surface area (Å²) in [6.45, 7) is 7.97. The van der Waals surface area contributed by atoms with Crippen molar-refractivity contribution >= 4 is 18.3 Å². The molecule has 1 aromatic rings. The minimum absolute atomic E-state index is 0. The summed E-state index contributed by atoms with van der Waals surface area (Å²) in [5.41, 5.74) is 5.90. The fourth-order valence-electron chi connectivity index (χ4n) is 1.90. The van der Waals surface area contributed by atoms with Crippen LogP contribution in [0.2, 0.25) is 0 Å². The first-order valence-electron chi connectivity index (χ1n) is 7.05. The van der Waals surface area contributed by atoms with Gasteiger partial charge in [-0.25, -0.2) is 0 Å². The Kier molecular flexibility index (Phi) is 8.58. The molecule has 3 unspecified atom stereocenters. The molecule has 0 aliphatic rings. The third kappa shape index (κ3) is 5.97. The number of carbonyl (C=O) groups excluding carboxylic acids is 1. The summed E-state index contributed by atoms with van der Waals surface area (Å²) in [5, 5.41) is 2.97. The minimum Gasteiger partial charge on any atom is -0.466 e. The summed E-state index contributed by atoms with van der Waals surface area (Å²) in [6.07, 6.45) is 2.59. The minimum atomic E-state index is -0.418. The molecule has 0 saturated heterocycles. The Morgan fingerprint density at radius 3 is 2.55 bits per heavy atom. The molecule has 3 N–H and O–H groups in total.